The van der Waals surface area contributed by atoms with Crippen LogP contribution in [0.15, 0.2) is 77.6 Å². The lowest BCUT2D eigenvalue weighted by Crippen LogP contribution is -2.47. The molecule has 0 aromatic heterocycles. The van der Waals surface area contributed by atoms with Gasteiger partial charge >= 0.3 is 0 Å². The summed E-state index contributed by atoms with van der Waals surface area (Å²) < 4.78 is 27.6. The van der Waals surface area contributed by atoms with E-state index < -0.39 is 22.2 Å². The van der Waals surface area contributed by atoms with Gasteiger partial charge in [-0.25, -0.2) is 4.39 Å². The molecule has 2 aromatic carbocycles. The number of nitrogens with zero attached hydrogens (tertiary/aromatic N) is 1. The average Bonchev–Trinajstić information content (AvgIpc) is 2.79. The van der Waals surface area contributed by atoms with Crippen molar-refractivity contribution in [3.63, 3.8) is 0 Å². The standard InChI is InChI=1S/C24H20Cl2FNO3/c1-30-12-13-31-24(19(15-29)17-8-4-2-5-9-17)20(25)14-23(26,16-28)21(22(24)27)18-10-6-3-7-11-18/h2-11,14-15,19H,12-13H2,1H3. The van der Waals surface area contributed by atoms with E-state index in [0.29, 0.717) is 17.4 Å². The first-order valence-electron chi connectivity index (χ1n) is 9.53. The van der Waals surface area contributed by atoms with E-state index in [1.807, 2.05) is 6.07 Å². The van der Waals surface area contributed by atoms with Gasteiger partial charge in [0.05, 0.1) is 30.2 Å². The Hall–Kier alpha value is -2.49. The fraction of sp³-hybridized carbons (Fsp3) is 0.250. The van der Waals surface area contributed by atoms with Crippen LogP contribution in [0.4, 0.5) is 4.39 Å². The van der Waals surface area contributed by atoms with Gasteiger partial charge in [-0.15, -0.1) is 0 Å². The number of alkyl halides is 1. The first-order chi connectivity index (χ1) is 14.9. The third kappa shape index (κ3) is 4.17. The summed E-state index contributed by atoms with van der Waals surface area (Å²) in [5, 5.41) is 9.62. The zero-order chi connectivity index (χ0) is 22.5. The minimum absolute atomic E-state index is 0.0466. The molecular weight excluding hydrogens is 440 g/mol. The predicted octanol–water partition coefficient (Wildman–Crippen LogP) is 5.39. The molecule has 160 valence electrons. The van der Waals surface area contributed by atoms with Crippen LogP contribution in [0.3, 0.4) is 0 Å². The Morgan fingerprint density at radius 3 is 2.29 bits per heavy atom. The van der Waals surface area contributed by atoms with Gasteiger partial charge in [-0.1, -0.05) is 83.9 Å². The molecule has 0 saturated heterocycles. The predicted molar refractivity (Wildman–Crippen MR) is 118 cm³/mol. The zero-order valence-corrected chi connectivity index (χ0v) is 18.2. The number of hydrogen-bond acceptors (Lipinski definition) is 4. The molecule has 2 aromatic rings. The van der Waals surface area contributed by atoms with Crippen molar-refractivity contribution in [2.75, 3.05) is 20.3 Å². The van der Waals surface area contributed by atoms with Crippen LogP contribution in [0, 0.1) is 11.3 Å². The van der Waals surface area contributed by atoms with E-state index >= 15 is 4.39 Å². The van der Waals surface area contributed by atoms with E-state index in [1.165, 1.54) is 13.2 Å². The summed E-state index contributed by atoms with van der Waals surface area (Å²) in [7, 11) is 1.48. The summed E-state index contributed by atoms with van der Waals surface area (Å²) in [6, 6.07) is 19.0. The van der Waals surface area contributed by atoms with Gasteiger partial charge in [0.1, 0.15) is 12.1 Å². The SMILES string of the molecule is COCCOC1(C(C=O)c2ccccc2)C(Cl)=CC(Cl)(C#N)C(c2ccccc2)=C1F. The number of carbonyl (C=O) groups excluding carboxylic acids is 1. The molecule has 0 bridgehead atoms. The molecule has 1 aliphatic rings. The molecule has 0 radical (unpaired) electrons. The molecule has 0 heterocycles. The molecule has 3 atom stereocenters. The maximum absolute atomic E-state index is 16.5. The molecule has 3 unspecified atom stereocenters. The Morgan fingerprint density at radius 2 is 1.74 bits per heavy atom. The largest absolute Gasteiger partial charge is 0.382 e. The van der Waals surface area contributed by atoms with E-state index in [-0.39, 0.29) is 23.8 Å². The molecule has 3 rings (SSSR count). The number of halogens is 3. The highest BCUT2D eigenvalue weighted by Gasteiger charge is 2.55. The highest BCUT2D eigenvalue weighted by Crippen LogP contribution is 2.54. The Balaban J connectivity index is 2.33. The topological polar surface area (TPSA) is 59.3 Å². The zero-order valence-electron chi connectivity index (χ0n) is 16.7. The van der Waals surface area contributed by atoms with E-state index in [9.17, 15) is 10.1 Å². The molecule has 0 aliphatic heterocycles. The van der Waals surface area contributed by atoms with Crippen LogP contribution in [0.25, 0.3) is 5.57 Å². The van der Waals surface area contributed by atoms with E-state index in [1.54, 1.807) is 60.7 Å². The van der Waals surface area contributed by atoms with Gasteiger partial charge in [0.15, 0.2) is 10.5 Å². The molecule has 0 fully saturated rings. The van der Waals surface area contributed by atoms with Crippen LogP contribution >= 0.6 is 23.2 Å². The second-order valence-corrected chi connectivity index (χ2v) is 7.98. The van der Waals surface area contributed by atoms with E-state index in [2.05, 4.69) is 0 Å². The first-order valence-corrected chi connectivity index (χ1v) is 10.3. The summed E-state index contributed by atoms with van der Waals surface area (Å²) in [5.41, 5.74) is -1.22. The summed E-state index contributed by atoms with van der Waals surface area (Å²) >= 11 is 13.1. The van der Waals surface area contributed by atoms with E-state index in [4.69, 9.17) is 32.7 Å². The van der Waals surface area contributed by atoms with Crippen molar-refractivity contribution in [2.24, 2.45) is 0 Å². The van der Waals surface area contributed by atoms with Crippen molar-refractivity contribution in [3.05, 3.63) is 88.7 Å². The summed E-state index contributed by atoms with van der Waals surface area (Å²) in [6.07, 6.45) is 1.84. The van der Waals surface area contributed by atoms with Crippen molar-refractivity contribution in [1.82, 2.24) is 0 Å². The summed E-state index contributed by atoms with van der Waals surface area (Å²) in [5.74, 6) is -2.02. The Labute approximate surface area is 190 Å². The highest BCUT2D eigenvalue weighted by atomic mass is 35.5. The van der Waals surface area contributed by atoms with Gasteiger partial charge in [0.25, 0.3) is 0 Å². The molecule has 0 saturated carbocycles. The lowest BCUT2D eigenvalue weighted by molar-refractivity contribution is -0.116. The number of methoxy groups -OCH3 is 1. The molecule has 7 heteroatoms. The van der Waals surface area contributed by atoms with Crippen molar-refractivity contribution < 1.29 is 18.7 Å². The second-order valence-electron chi connectivity index (χ2n) is 6.97. The molecule has 0 N–H and O–H groups in total. The molecular formula is C24H20Cl2FNO3. The average molecular weight is 460 g/mol. The summed E-state index contributed by atoms with van der Waals surface area (Å²) in [4.78, 5) is 10.4. The highest BCUT2D eigenvalue weighted by molar-refractivity contribution is 6.38. The fourth-order valence-electron chi connectivity index (χ4n) is 3.70. The van der Waals surface area contributed by atoms with Gasteiger partial charge in [-0.2, -0.15) is 5.26 Å². The molecule has 4 nitrogen and oxygen atoms in total. The first kappa shape index (κ1) is 23.2. The van der Waals surface area contributed by atoms with Crippen LogP contribution in [0.5, 0.6) is 0 Å². The van der Waals surface area contributed by atoms with Crippen molar-refractivity contribution in [2.45, 2.75) is 16.4 Å². The van der Waals surface area contributed by atoms with Gasteiger partial charge in [0.2, 0.25) is 0 Å². The minimum Gasteiger partial charge on any atom is -0.382 e. The minimum atomic E-state index is -2.00. The Kier molecular flexibility index (Phi) is 7.30. The van der Waals surface area contributed by atoms with Gasteiger partial charge < -0.3 is 14.3 Å². The number of rotatable bonds is 8. The third-order valence-corrected chi connectivity index (χ3v) is 5.94. The lowest BCUT2D eigenvalue weighted by Gasteiger charge is -2.42. The van der Waals surface area contributed by atoms with Crippen LogP contribution in [-0.2, 0) is 14.3 Å². The smallest absolute Gasteiger partial charge is 0.178 e. The van der Waals surface area contributed by atoms with Crippen molar-refractivity contribution in [1.29, 1.82) is 5.26 Å². The van der Waals surface area contributed by atoms with Crippen molar-refractivity contribution >= 4 is 35.1 Å². The van der Waals surface area contributed by atoms with Gasteiger partial charge in [-0.3, -0.25) is 0 Å². The molecule has 1 aliphatic carbocycles. The van der Waals surface area contributed by atoms with Crippen LogP contribution in [-0.4, -0.2) is 37.1 Å². The molecule has 31 heavy (non-hydrogen) atoms. The number of benzene rings is 2. The quantitative estimate of drug-likeness (QED) is 0.301. The van der Waals surface area contributed by atoms with Crippen LogP contribution in [0.1, 0.15) is 17.0 Å². The van der Waals surface area contributed by atoms with Crippen molar-refractivity contribution in [3.8, 4) is 6.07 Å². The Morgan fingerprint density at radius 1 is 1.13 bits per heavy atom. The maximum atomic E-state index is 16.5. The number of ether oxygens (including phenoxy) is 2. The van der Waals surface area contributed by atoms with Crippen LogP contribution < -0.4 is 0 Å². The Bertz CT molecular complexity index is 1040. The fourth-order valence-corrected chi connectivity index (χ4v) is 4.47. The van der Waals surface area contributed by atoms with E-state index in [0.717, 1.165) is 0 Å². The number of nitriles is 1. The maximum Gasteiger partial charge on any atom is 0.178 e. The number of aldehydes is 1. The lowest BCUT2D eigenvalue weighted by atomic mass is 9.73. The van der Waals surface area contributed by atoms with Gasteiger partial charge in [0, 0.05) is 12.7 Å². The number of carbonyl (C=O) groups is 1. The number of hydrogen-bond donors (Lipinski definition) is 0. The van der Waals surface area contributed by atoms with Gasteiger partial charge in [-0.05, 0) is 17.2 Å². The monoisotopic (exact) mass is 459 g/mol. The number of allylic oxidation sites excluding steroid dienone is 2. The third-order valence-electron chi connectivity index (χ3n) is 5.16. The normalized spacial score (nSPS) is 24.3. The molecule has 0 amide bonds. The molecule has 0 spiro atoms. The second kappa shape index (κ2) is 9.76. The summed E-state index contributed by atoms with van der Waals surface area (Å²) in [6.45, 7) is 0.0968. The van der Waals surface area contributed by atoms with Crippen LogP contribution in [0.2, 0.25) is 0 Å².